The van der Waals surface area contributed by atoms with Crippen molar-refractivity contribution in [3.05, 3.63) is 39.7 Å². The van der Waals surface area contributed by atoms with Crippen LogP contribution >= 0.6 is 0 Å². The highest BCUT2D eigenvalue weighted by atomic mass is 16.6. The third-order valence-corrected chi connectivity index (χ3v) is 5.78. The fourth-order valence-electron chi connectivity index (χ4n) is 4.23. The highest BCUT2D eigenvalue weighted by molar-refractivity contribution is 5.83. The standard InChI is InChI=1S/C22H25NO6/c1-14-5-2-3-10-23(14)20(24)12-28-21(25)13-27-15-8-9-17-16-6-4-7-18(16)22(26)29-19(17)11-15/h8-9,11,14H,2-7,10,12-13H2,1H3/t14-/m0/s1. The van der Waals surface area contributed by atoms with Crippen LogP contribution in [-0.4, -0.2) is 42.6 Å². The van der Waals surface area contributed by atoms with Crippen molar-refractivity contribution >= 4 is 22.8 Å². The minimum Gasteiger partial charge on any atom is -0.482 e. The first-order chi connectivity index (χ1) is 14.0. The van der Waals surface area contributed by atoms with Gasteiger partial charge in [-0.15, -0.1) is 0 Å². The summed E-state index contributed by atoms with van der Waals surface area (Å²) in [6.07, 6.45) is 5.66. The highest BCUT2D eigenvalue weighted by Crippen LogP contribution is 2.29. The number of benzene rings is 1. The number of piperidine rings is 1. The maximum absolute atomic E-state index is 12.2. The molecule has 0 N–H and O–H groups in total. The molecule has 0 saturated carbocycles. The van der Waals surface area contributed by atoms with Crippen LogP contribution in [0.5, 0.6) is 5.75 Å². The Morgan fingerprint density at radius 2 is 1.97 bits per heavy atom. The Morgan fingerprint density at radius 3 is 2.79 bits per heavy atom. The summed E-state index contributed by atoms with van der Waals surface area (Å²) in [7, 11) is 0. The summed E-state index contributed by atoms with van der Waals surface area (Å²) in [5, 5.41) is 0.910. The minimum absolute atomic E-state index is 0.174. The monoisotopic (exact) mass is 399 g/mol. The van der Waals surface area contributed by atoms with E-state index in [4.69, 9.17) is 13.9 Å². The highest BCUT2D eigenvalue weighted by Gasteiger charge is 2.24. The molecule has 1 aromatic heterocycles. The summed E-state index contributed by atoms with van der Waals surface area (Å²) in [4.78, 5) is 38.0. The first kappa shape index (κ1) is 19.5. The number of nitrogens with zero attached hydrogens (tertiary/aromatic N) is 1. The minimum atomic E-state index is -0.612. The van der Waals surface area contributed by atoms with E-state index in [1.54, 1.807) is 17.0 Å². The molecular weight excluding hydrogens is 374 g/mol. The number of hydrogen-bond acceptors (Lipinski definition) is 6. The Balaban J connectivity index is 1.33. The Labute approximate surface area is 168 Å². The second-order valence-electron chi connectivity index (χ2n) is 7.74. The summed E-state index contributed by atoms with van der Waals surface area (Å²) < 4.78 is 15.9. The normalized spacial score (nSPS) is 18.5. The van der Waals surface area contributed by atoms with Gasteiger partial charge in [0.25, 0.3) is 5.91 Å². The summed E-state index contributed by atoms with van der Waals surface area (Å²) in [6, 6.07) is 5.39. The lowest BCUT2D eigenvalue weighted by Gasteiger charge is -2.33. The number of hydrogen-bond donors (Lipinski definition) is 0. The van der Waals surface area contributed by atoms with Crippen molar-refractivity contribution in [3.63, 3.8) is 0 Å². The SMILES string of the molecule is C[C@H]1CCCCN1C(=O)COC(=O)COc1ccc2c3c(c(=O)oc2c1)CCC3. The predicted molar refractivity (Wildman–Crippen MR) is 106 cm³/mol. The van der Waals surface area contributed by atoms with Crippen LogP contribution in [-0.2, 0) is 27.2 Å². The van der Waals surface area contributed by atoms with E-state index in [0.29, 0.717) is 17.9 Å². The molecule has 2 aliphatic rings. The van der Waals surface area contributed by atoms with Crippen LogP contribution in [0, 0.1) is 0 Å². The number of esters is 1. The molecule has 1 saturated heterocycles. The molecule has 0 unspecified atom stereocenters. The van der Waals surface area contributed by atoms with Gasteiger partial charge in [0, 0.05) is 29.6 Å². The van der Waals surface area contributed by atoms with Crippen molar-refractivity contribution in [2.75, 3.05) is 19.8 Å². The van der Waals surface area contributed by atoms with E-state index in [1.165, 1.54) is 0 Å². The third kappa shape index (κ3) is 4.13. The second kappa shape index (κ2) is 8.27. The van der Waals surface area contributed by atoms with Crippen molar-refractivity contribution in [2.24, 2.45) is 0 Å². The van der Waals surface area contributed by atoms with Gasteiger partial charge in [-0.1, -0.05) is 0 Å². The number of aryl methyl sites for hydroxylation is 1. The fourth-order valence-corrected chi connectivity index (χ4v) is 4.23. The van der Waals surface area contributed by atoms with E-state index < -0.39 is 5.97 Å². The number of carbonyl (C=O) groups is 2. The number of likely N-dealkylation sites (tertiary alicyclic amines) is 1. The lowest BCUT2D eigenvalue weighted by molar-refractivity contribution is -0.154. The zero-order valence-corrected chi connectivity index (χ0v) is 16.6. The van der Waals surface area contributed by atoms with Gasteiger partial charge in [-0.2, -0.15) is 0 Å². The first-order valence-electron chi connectivity index (χ1n) is 10.2. The van der Waals surface area contributed by atoms with Crippen molar-refractivity contribution in [1.82, 2.24) is 4.90 Å². The summed E-state index contributed by atoms with van der Waals surface area (Å²) in [5.74, 6) is -0.378. The van der Waals surface area contributed by atoms with Gasteiger partial charge in [0.05, 0.1) is 0 Å². The smallest absolute Gasteiger partial charge is 0.344 e. The third-order valence-electron chi connectivity index (χ3n) is 5.78. The molecule has 7 nitrogen and oxygen atoms in total. The van der Waals surface area contributed by atoms with Gasteiger partial charge in [-0.25, -0.2) is 9.59 Å². The quantitative estimate of drug-likeness (QED) is 0.567. The molecule has 1 aromatic carbocycles. The topological polar surface area (TPSA) is 86.0 Å². The van der Waals surface area contributed by atoms with Crippen LogP contribution < -0.4 is 10.4 Å². The molecule has 1 atom stereocenters. The molecule has 2 aromatic rings. The van der Waals surface area contributed by atoms with Gasteiger partial charge in [-0.05, 0) is 63.1 Å². The molecule has 0 bridgehead atoms. The zero-order valence-electron chi connectivity index (χ0n) is 16.6. The lowest BCUT2D eigenvalue weighted by Crippen LogP contribution is -2.44. The van der Waals surface area contributed by atoms with Gasteiger partial charge in [0.2, 0.25) is 0 Å². The largest absolute Gasteiger partial charge is 0.482 e. The van der Waals surface area contributed by atoms with Crippen LogP contribution in [0.25, 0.3) is 11.0 Å². The molecule has 29 heavy (non-hydrogen) atoms. The molecule has 154 valence electrons. The Hall–Kier alpha value is -2.83. The van der Waals surface area contributed by atoms with Gasteiger partial charge in [-0.3, -0.25) is 4.79 Å². The zero-order chi connectivity index (χ0) is 20.4. The predicted octanol–water partition coefficient (Wildman–Crippen LogP) is 2.60. The van der Waals surface area contributed by atoms with Gasteiger partial charge in [0.1, 0.15) is 11.3 Å². The summed E-state index contributed by atoms with van der Waals surface area (Å²) in [5.41, 5.74) is 1.97. The van der Waals surface area contributed by atoms with Crippen LogP contribution in [0.3, 0.4) is 0 Å². The maximum atomic E-state index is 12.2. The van der Waals surface area contributed by atoms with Crippen molar-refractivity contribution < 1.29 is 23.5 Å². The van der Waals surface area contributed by atoms with Crippen LogP contribution in [0.15, 0.2) is 27.4 Å². The number of ether oxygens (including phenoxy) is 2. The average Bonchev–Trinajstić information content (AvgIpc) is 3.21. The number of carbonyl (C=O) groups excluding carboxylic acids is 2. The summed E-state index contributed by atoms with van der Waals surface area (Å²) in [6.45, 7) is 2.13. The number of amides is 1. The van der Waals surface area contributed by atoms with Gasteiger partial charge in [0.15, 0.2) is 13.2 Å². The molecule has 2 heterocycles. The van der Waals surface area contributed by atoms with E-state index >= 15 is 0 Å². The van der Waals surface area contributed by atoms with Crippen LogP contribution in [0.1, 0.15) is 43.7 Å². The second-order valence-corrected chi connectivity index (χ2v) is 7.74. The van der Waals surface area contributed by atoms with Gasteiger partial charge >= 0.3 is 11.6 Å². The molecule has 7 heteroatoms. The Kier molecular flexibility index (Phi) is 5.56. The molecule has 1 fully saturated rings. The Bertz CT molecular complexity index is 995. The fraction of sp³-hybridized carbons (Fsp3) is 0.500. The maximum Gasteiger partial charge on any atom is 0.344 e. The van der Waals surface area contributed by atoms with Crippen molar-refractivity contribution in [1.29, 1.82) is 0 Å². The molecule has 1 amide bonds. The van der Waals surface area contributed by atoms with Crippen LogP contribution in [0.4, 0.5) is 0 Å². The summed E-state index contributed by atoms with van der Waals surface area (Å²) >= 11 is 0. The lowest BCUT2D eigenvalue weighted by atomic mass is 10.0. The molecule has 4 rings (SSSR count). The number of fused-ring (bicyclic) bond motifs is 3. The molecular formula is C22H25NO6. The Morgan fingerprint density at radius 1 is 1.14 bits per heavy atom. The number of rotatable bonds is 5. The average molecular weight is 399 g/mol. The first-order valence-corrected chi connectivity index (χ1v) is 10.2. The van der Waals surface area contributed by atoms with E-state index in [-0.39, 0.29) is 30.8 Å². The van der Waals surface area contributed by atoms with E-state index in [9.17, 15) is 14.4 Å². The molecule has 1 aliphatic heterocycles. The molecule has 0 radical (unpaired) electrons. The van der Waals surface area contributed by atoms with Crippen molar-refractivity contribution in [3.8, 4) is 5.75 Å². The van der Waals surface area contributed by atoms with E-state index in [2.05, 4.69) is 0 Å². The molecule has 1 aliphatic carbocycles. The van der Waals surface area contributed by atoms with E-state index in [1.807, 2.05) is 13.0 Å². The molecule has 0 spiro atoms. The van der Waals surface area contributed by atoms with E-state index in [0.717, 1.165) is 55.0 Å². The van der Waals surface area contributed by atoms with Crippen LogP contribution in [0.2, 0.25) is 0 Å². The van der Waals surface area contributed by atoms with Gasteiger partial charge < -0.3 is 18.8 Å². The van der Waals surface area contributed by atoms with Crippen molar-refractivity contribution in [2.45, 2.75) is 51.5 Å².